The molecule has 0 radical (unpaired) electrons. The number of amides is 1. The summed E-state index contributed by atoms with van der Waals surface area (Å²) in [6.07, 6.45) is 2.29. The Balaban J connectivity index is 2.12. The summed E-state index contributed by atoms with van der Waals surface area (Å²) in [7, 11) is 0. The van der Waals surface area contributed by atoms with Gasteiger partial charge in [0.05, 0.1) is 0 Å². The van der Waals surface area contributed by atoms with Crippen molar-refractivity contribution >= 4 is 12.0 Å². The van der Waals surface area contributed by atoms with Crippen molar-refractivity contribution in [3.05, 3.63) is 71.0 Å². The summed E-state index contributed by atoms with van der Waals surface area (Å²) in [6, 6.07) is 15.4. The summed E-state index contributed by atoms with van der Waals surface area (Å²) < 4.78 is 19.4. The van der Waals surface area contributed by atoms with Crippen LogP contribution in [0.2, 0.25) is 0 Å². The lowest BCUT2D eigenvalue weighted by atomic mass is 9.81. The Hall–Kier alpha value is -3.13. The molecule has 0 unspecified atom stereocenters. The Bertz CT molecular complexity index is 966. The highest BCUT2D eigenvalue weighted by Gasteiger charge is 2.28. The van der Waals surface area contributed by atoms with Crippen LogP contribution in [0.25, 0.3) is 6.08 Å². The van der Waals surface area contributed by atoms with Crippen molar-refractivity contribution in [3.63, 3.8) is 0 Å². The van der Waals surface area contributed by atoms with E-state index in [0.717, 1.165) is 6.42 Å². The smallest absolute Gasteiger partial charge is 0.262 e. The Morgan fingerprint density at radius 1 is 1.13 bits per heavy atom. The summed E-state index contributed by atoms with van der Waals surface area (Å²) in [5.41, 5.74) is 0.717. The van der Waals surface area contributed by atoms with Crippen molar-refractivity contribution in [2.75, 3.05) is 0 Å². The number of carbonyl (C=O) groups excluding carboxylic acids is 1. The number of rotatable bonds is 7. The molecule has 0 heterocycles. The second-order valence-electron chi connectivity index (χ2n) is 9.20. The van der Waals surface area contributed by atoms with Gasteiger partial charge >= 0.3 is 0 Å². The van der Waals surface area contributed by atoms with Crippen LogP contribution in [-0.4, -0.2) is 11.4 Å². The van der Waals surface area contributed by atoms with Crippen molar-refractivity contribution in [2.24, 2.45) is 5.41 Å². The zero-order valence-electron chi connectivity index (χ0n) is 18.3. The minimum Gasteiger partial charge on any atom is -0.489 e. The number of hydrogen-bond donors (Lipinski definition) is 1. The molecule has 1 N–H and O–H groups in total. The van der Waals surface area contributed by atoms with Gasteiger partial charge in [0.1, 0.15) is 29.8 Å². The standard InChI is InChI=1S/C25H29FN2O2/c1-24(2,3)17-25(4,5)28-23(29)20(15-27)13-18-9-8-11-21(14-18)30-16-19-10-6-7-12-22(19)26/h6-14H,16-17H2,1-5H3,(H,28,29). The van der Waals surface area contributed by atoms with Crippen molar-refractivity contribution in [2.45, 2.75) is 53.2 Å². The number of halogens is 1. The average molecular weight is 409 g/mol. The summed E-state index contributed by atoms with van der Waals surface area (Å²) in [5, 5.41) is 12.4. The number of nitrogens with one attached hydrogen (secondary N) is 1. The molecular weight excluding hydrogens is 379 g/mol. The van der Waals surface area contributed by atoms with Crippen LogP contribution in [-0.2, 0) is 11.4 Å². The Morgan fingerprint density at radius 2 is 1.83 bits per heavy atom. The second kappa shape index (κ2) is 9.58. The topological polar surface area (TPSA) is 62.1 Å². The zero-order valence-corrected chi connectivity index (χ0v) is 18.3. The van der Waals surface area contributed by atoms with E-state index in [1.54, 1.807) is 42.5 Å². The molecular formula is C25H29FN2O2. The molecule has 0 fully saturated rings. The van der Waals surface area contributed by atoms with Crippen molar-refractivity contribution in [1.82, 2.24) is 5.32 Å². The molecule has 0 saturated heterocycles. The summed E-state index contributed by atoms with van der Waals surface area (Å²) in [4.78, 5) is 12.6. The van der Waals surface area contributed by atoms with Gasteiger partial charge in [0.15, 0.2) is 0 Å². The third kappa shape index (κ3) is 7.36. The average Bonchev–Trinajstić information content (AvgIpc) is 2.63. The first-order valence-corrected chi connectivity index (χ1v) is 9.90. The third-order valence-electron chi connectivity index (χ3n) is 4.31. The van der Waals surface area contributed by atoms with E-state index in [2.05, 4.69) is 26.1 Å². The van der Waals surface area contributed by atoms with Crippen LogP contribution >= 0.6 is 0 Å². The molecule has 4 nitrogen and oxygen atoms in total. The van der Waals surface area contributed by atoms with E-state index in [9.17, 15) is 14.4 Å². The van der Waals surface area contributed by atoms with E-state index in [0.29, 0.717) is 16.9 Å². The van der Waals surface area contributed by atoms with Gasteiger partial charge in [0, 0.05) is 11.1 Å². The molecule has 2 aromatic rings. The molecule has 5 heteroatoms. The number of nitriles is 1. The Kier molecular flexibility index (Phi) is 7.39. The van der Waals surface area contributed by atoms with E-state index in [4.69, 9.17) is 4.74 Å². The summed E-state index contributed by atoms with van der Waals surface area (Å²) in [6.45, 7) is 10.3. The van der Waals surface area contributed by atoms with Crippen molar-refractivity contribution in [1.29, 1.82) is 5.26 Å². The first-order valence-electron chi connectivity index (χ1n) is 9.90. The number of carbonyl (C=O) groups is 1. The molecule has 0 aliphatic rings. The Labute approximate surface area is 178 Å². The number of hydrogen-bond acceptors (Lipinski definition) is 3. The molecule has 0 aliphatic heterocycles. The van der Waals surface area contributed by atoms with Crippen molar-refractivity contribution in [3.8, 4) is 11.8 Å². The molecule has 0 saturated carbocycles. The minimum atomic E-state index is -0.448. The fourth-order valence-electron chi connectivity index (χ4n) is 3.53. The van der Waals surface area contributed by atoms with Gasteiger partial charge in [-0.25, -0.2) is 4.39 Å². The molecule has 2 rings (SSSR count). The van der Waals surface area contributed by atoms with Gasteiger partial charge in [-0.15, -0.1) is 0 Å². The number of ether oxygens (including phenoxy) is 1. The van der Waals surface area contributed by atoms with Crippen LogP contribution in [0.4, 0.5) is 4.39 Å². The molecule has 0 aliphatic carbocycles. The monoisotopic (exact) mass is 408 g/mol. The highest BCUT2D eigenvalue weighted by Crippen LogP contribution is 2.27. The van der Waals surface area contributed by atoms with E-state index in [1.807, 2.05) is 19.9 Å². The zero-order chi connectivity index (χ0) is 22.4. The first kappa shape index (κ1) is 23.2. The fraction of sp³-hybridized carbons (Fsp3) is 0.360. The van der Waals surface area contributed by atoms with Crippen LogP contribution < -0.4 is 10.1 Å². The van der Waals surface area contributed by atoms with Gasteiger partial charge in [-0.1, -0.05) is 51.1 Å². The maximum atomic E-state index is 13.7. The normalized spacial score (nSPS) is 12.2. The summed E-state index contributed by atoms with van der Waals surface area (Å²) >= 11 is 0. The molecule has 0 bridgehead atoms. The Morgan fingerprint density at radius 3 is 2.47 bits per heavy atom. The quantitative estimate of drug-likeness (QED) is 0.476. The maximum absolute atomic E-state index is 13.7. The SMILES string of the molecule is CC(C)(C)CC(C)(C)NC(=O)C(C#N)=Cc1cccc(OCc2ccccc2F)c1. The predicted molar refractivity (Wildman–Crippen MR) is 117 cm³/mol. The molecule has 158 valence electrons. The van der Waals surface area contributed by atoms with E-state index >= 15 is 0 Å². The van der Waals surface area contributed by atoms with Gasteiger partial charge in [0.25, 0.3) is 5.91 Å². The van der Waals surface area contributed by atoms with Crippen LogP contribution in [0.15, 0.2) is 54.1 Å². The molecule has 1 amide bonds. The lowest BCUT2D eigenvalue weighted by Gasteiger charge is -2.33. The maximum Gasteiger partial charge on any atom is 0.262 e. The minimum absolute atomic E-state index is 0.0169. The van der Waals surface area contributed by atoms with E-state index < -0.39 is 11.4 Å². The third-order valence-corrected chi connectivity index (χ3v) is 4.31. The highest BCUT2D eigenvalue weighted by atomic mass is 19.1. The number of nitrogens with zero attached hydrogens (tertiary/aromatic N) is 1. The number of benzene rings is 2. The molecule has 0 atom stereocenters. The predicted octanol–water partition coefficient (Wildman–Crippen LogP) is 5.64. The second-order valence-corrected chi connectivity index (χ2v) is 9.20. The van der Waals surface area contributed by atoms with Crippen molar-refractivity contribution < 1.29 is 13.9 Å². The molecule has 2 aromatic carbocycles. The fourth-order valence-corrected chi connectivity index (χ4v) is 3.53. The lowest BCUT2D eigenvalue weighted by Crippen LogP contribution is -2.46. The molecule has 30 heavy (non-hydrogen) atoms. The van der Waals surface area contributed by atoms with Crippen LogP contribution in [0.5, 0.6) is 5.75 Å². The first-order chi connectivity index (χ1) is 14.0. The van der Waals surface area contributed by atoms with Crippen LogP contribution in [0.3, 0.4) is 0 Å². The van der Waals surface area contributed by atoms with Gasteiger partial charge in [-0.2, -0.15) is 5.26 Å². The van der Waals surface area contributed by atoms with Crippen LogP contribution in [0.1, 0.15) is 52.2 Å². The van der Waals surface area contributed by atoms with Gasteiger partial charge in [-0.3, -0.25) is 4.79 Å². The molecule has 0 aromatic heterocycles. The summed E-state index contributed by atoms with van der Waals surface area (Å²) in [5.74, 6) is -0.211. The van der Waals surface area contributed by atoms with Crippen LogP contribution in [0, 0.1) is 22.6 Å². The van der Waals surface area contributed by atoms with E-state index in [1.165, 1.54) is 12.1 Å². The lowest BCUT2D eigenvalue weighted by molar-refractivity contribution is -0.118. The largest absolute Gasteiger partial charge is 0.489 e. The highest BCUT2D eigenvalue weighted by molar-refractivity contribution is 6.02. The van der Waals surface area contributed by atoms with E-state index in [-0.39, 0.29) is 23.4 Å². The van der Waals surface area contributed by atoms with Gasteiger partial charge in [-0.05, 0) is 55.5 Å². The van der Waals surface area contributed by atoms with Gasteiger partial charge in [0.2, 0.25) is 0 Å². The van der Waals surface area contributed by atoms with Gasteiger partial charge < -0.3 is 10.1 Å². The molecule has 0 spiro atoms.